The van der Waals surface area contributed by atoms with Gasteiger partial charge in [-0.25, -0.2) is 13.2 Å². The summed E-state index contributed by atoms with van der Waals surface area (Å²) in [4.78, 5) is 25.2. The number of hydrogen-bond donors (Lipinski definition) is 0. The molecule has 1 aliphatic rings. The summed E-state index contributed by atoms with van der Waals surface area (Å²) in [5, 5.41) is 0. The van der Waals surface area contributed by atoms with Gasteiger partial charge in [-0.05, 0) is 18.2 Å². The third-order valence-electron chi connectivity index (χ3n) is 3.24. The van der Waals surface area contributed by atoms with Gasteiger partial charge < -0.3 is 9.64 Å². The number of ketones is 1. The van der Waals surface area contributed by atoms with E-state index in [0.717, 1.165) is 4.31 Å². The fourth-order valence-corrected chi connectivity index (χ4v) is 3.51. The first-order valence-corrected chi connectivity index (χ1v) is 7.78. The monoisotopic (exact) mass is 324 g/mol. The molecule has 0 unspecified atom stereocenters. The molecular formula is C14H16N2O5S. The molecule has 0 aromatic heterocycles. The van der Waals surface area contributed by atoms with Crippen molar-refractivity contribution in [3.8, 4) is 0 Å². The molecule has 0 radical (unpaired) electrons. The van der Waals surface area contributed by atoms with Gasteiger partial charge in [0.25, 0.3) is 10.0 Å². The highest BCUT2D eigenvalue weighted by atomic mass is 32.2. The number of fused-ring (bicyclic) bond motifs is 1. The van der Waals surface area contributed by atoms with Gasteiger partial charge in [0.05, 0.1) is 18.4 Å². The minimum Gasteiger partial charge on any atom is -0.465 e. The standard InChI is InChI=1S/C14H16N2O5S/c1-15(2)8-12-13(17)10-6-5-9(14(18)21-4)7-11(10)16(3)22(12,19)20/h5-8H,1-4H3. The molecule has 0 N–H and O–H groups in total. The van der Waals surface area contributed by atoms with E-state index in [-0.39, 0.29) is 21.7 Å². The number of carbonyl (C=O) groups excluding carboxylic acids is 2. The maximum Gasteiger partial charge on any atom is 0.337 e. The smallest absolute Gasteiger partial charge is 0.337 e. The van der Waals surface area contributed by atoms with Crippen molar-refractivity contribution in [3.05, 3.63) is 40.4 Å². The number of esters is 1. The second kappa shape index (κ2) is 5.45. The molecule has 7 nitrogen and oxygen atoms in total. The zero-order valence-electron chi connectivity index (χ0n) is 12.7. The number of rotatable bonds is 2. The molecule has 1 aromatic carbocycles. The Bertz CT molecular complexity index is 780. The van der Waals surface area contributed by atoms with E-state index in [0.29, 0.717) is 0 Å². The Morgan fingerprint density at radius 1 is 1.32 bits per heavy atom. The third kappa shape index (κ3) is 2.45. The Kier molecular flexibility index (Phi) is 3.97. The van der Waals surface area contributed by atoms with Gasteiger partial charge in [0.1, 0.15) is 0 Å². The SMILES string of the molecule is COC(=O)c1ccc2c(c1)N(C)S(=O)(=O)C(=CN(C)C)C2=O. The van der Waals surface area contributed by atoms with Gasteiger partial charge in [0, 0.05) is 32.9 Å². The highest BCUT2D eigenvalue weighted by Gasteiger charge is 2.38. The van der Waals surface area contributed by atoms with Crippen molar-refractivity contribution in [1.82, 2.24) is 4.90 Å². The van der Waals surface area contributed by atoms with Crippen molar-refractivity contribution in [2.75, 3.05) is 32.6 Å². The van der Waals surface area contributed by atoms with Gasteiger partial charge in [-0.3, -0.25) is 9.10 Å². The number of hydrogen-bond acceptors (Lipinski definition) is 6. The average molecular weight is 324 g/mol. The quantitative estimate of drug-likeness (QED) is 0.592. The van der Waals surface area contributed by atoms with Gasteiger partial charge in [0.15, 0.2) is 4.91 Å². The topological polar surface area (TPSA) is 84.0 Å². The van der Waals surface area contributed by atoms with Crippen molar-refractivity contribution in [3.63, 3.8) is 0 Å². The fraction of sp³-hybridized carbons (Fsp3) is 0.286. The Labute approximate surface area is 128 Å². The molecule has 0 bridgehead atoms. The number of sulfonamides is 1. The maximum absolute atomic E-state index is 12.5. The molecule has 22 heavy (non-hydrogen) atoms. The predicted octanol–water partition coefficient (Wildman–Crippen LogP) is 0.839. The summed E-state index contributed by atoms with van der Waals surface area (Å²) in [6.45, 7) is 0. The molecule has 0 fully saturated rings. The Morgan fingerprint density at radius 2 is 1.95 bits per heavy atom. The van der Waals surface area contributed by atoms with Crippen LogP contribution in [0.1, 0.15) is 20.7 Å². The summed E-state index contributed by atoms with van der Waals surface area (Å²) in [6.07, 6.45) is 1.27. The maximum atomic E-state index is 12.5. The molecule has 1 aromatic rings. The lowest BCUT2D eigenvalue weighted by atomic mass is 10.0. The van der Waals surface area contributed by atoms with Crippen LogP contribution in [-0.2, 0) is 14.8 Å². The van der Waals surface area contributed by atoms with Gasteiger partial charge in [-0.2, -0.15) is 0 Å². The summed E-state index contributed by atoms with van der Waals surface area (Å²) in [6, 6.07) is 4.20. The Balaban J connectivity index is 2.68. The predicted molar refractivity (Wildman–Crippen MR) is 81.2 cm³/mol. The lowest BCUT2D eigenvalue weighted by Gasteiger charge is -2.28. The first kappa shape index (κ1) is 16.0. The number of nitrogens with zero attached hydrogens (tertiary/aromatic N) is 2. The van der Waals surface area contributed by atoms with Crippen molar-refractivity contribution >= 4 is 27.5 Å². The molecule has 8 heteroatoms. The first-order valence-electron chi connectivity index (χ1n) is 6.34. The summed E-state index contributed by atoms with van der Waals surface area (Å²) < 4.78 is 30.5. The van der Waals surface area contributed by atoms with E-state index >= 15 is 0 Å². The zero-order chi connectivity index (χ0) is 16.7. The van der Waals surface area contributed by atoms with Crippen molar-refractivity contribution in [1.29, 1.82) is 0 Å². The molecule has 2 rings (SSSR count). The van der Waals surface area contributed by atoms with Crippen LogP contribution in [0.2, 0.25) is 0 Å². The van der Waals surface area contributed by atoms with Gasteiger partial charge in [-0.15, -0.1) is 0 Å². The van der Waals surface area contributed by atoms with Crippen LogP contribution in [0.25, 0.3) is 0 Å². The molecule has 0 amide bonds. The second-order valence-corrected chi connectivity index (χ2v) is 6.92. The van der Waals surface area contributed by atoms with Crippen LogP contribution in [-0.4, -0.2) is 53.3 Å². The van der Waals surface area contributed by atoms with E-state index in [1.807, 2.05) is 0 Å². The Morgan fingerprint density at radius 3 is 2.50 bits per heavy atom. The largest absolute Gasteiger partial charge is 0.465 e. The average Bonchev–Trinajstić information content (AvgIpc) is 2.48. The van der Waals surface area contributed by atoms with Crippen molar-refractivity contribution in [2.45, 2.75) is 0 Å². The molecule has 0 saturated carbocycles. The van der Waals surface area contributed by atoms with Crippen LogP contribution in [0, 0.1) is 0 Å². The first-order chi connectivity index (χ1) is 10.2. The lowest BCUT2D eigenvalue weighted by molar-refractivity contribution is 0.0600. The summed E-state index contributed by atoms with van der Waals surface area (Å²) >= 11 is 0. The number of methoxy groups -OCH3 is 1. The molecule has 0 atom stereocenters. The lowest BCUT2D eigenvalue weighted by Crippen LogP contribution is -2.37. The van der Waals surface area contributed by atoms with Gasteiger partial charge in [-0.1, -0.05) is 0 Å². The van der Waals surface area contributed by atoms with E-state index in [2.05, 4.69) is 4.74 Å². The van der Waals surface area contributed by atoms with Crippen LogP contribution in [0.4, 0.5) is 5.69 Å². The van der Waals surface area contributed by atoms with Gasteiger partial charge in [0.2, 0.25) is 5.78 Å². The number of ether oxygens (including phenoxy) is 1. The second-order valence-electron chi connectivity index (χ2n) is 4.98. The third-order valence-corrected chi connectivity index (χ3v) is 5.00. The number of carbonyl (C=O) groups is 2. The highest BCUT2D eigenvalue weighted by molar-refractivity contribution is 7.97. The normalized spacial score (nSPS) is 18.1. The molecule has 1 aliphatic heterocycles. The fourth-order valence-electron chi connectivity index (χ4n) is 2.12. The molecule has 0 saturated heterocycles. The van der Waals surface area contributed by atoms with E-state index in [4.69, 9.17) is 0 Å². The Hall–Kier alpha value is -2.35. The van der Waals surface area contributed by atoms with Crippen LogP contribution in [0.5, 0.6) is 0 Å². The molecule has 118 valence electrons. The number of anilines is 1. The van der Waals surface area contributed by atoms with Crippen LogP contribution in [0.15, 0.2) is 29.3 Å². The number of Topliss-reactive ketones (excluding diaryl/α,β-unsaturated/α-hetero) is 1. The van der Waals surface area contributed by atoms with Crippen LogP contribution < -0.4 is 4.31 Å². The van der Waals surface area contributed by atoms with E-state index in [9.17, 15) is 18.0 Å². The van der Waals surface area contributed by atoms with Crippen LogP contribution in [0.3, 0.4) is 0 Å². The summed E-state index contributed by atoms with van der Waals surface area (Å²) in [5.74, 6) is -1.20. The van der Waals surface area contributed by atoms with Crippen molar-refractivity contribution < 1.29 is 22.7 Å². The zero-order valence-corrected chi connectivity index (χ0v) is 13.5. The highest BCUT2D eigenvalue weighted by Crippen LogP contribution is 2.34. The molecule has 1 heterocycles. The summed E-state index contributed by atoms with van der Waals surface area (Å²) in [7, 11) is 1.87. The summed E-state index contributed by atoms with van der Waals surface area (Å²) in [5.41, 5.74) is 0.554. The van der Waals surface area contributed by atoms with Gasteiger partial charge >= 0.3 is 5.97 Å². The number of benzene rings is 1. The van der Waals surface area contributed by atoms with E-state index < -0.39 is 21.8 Å². The minimum absolute atomic E-state index is 0.156. The molecule has 0 aliphatic carbocycles. The van der Waals surface area contributed by atoms with E-state index in [1.54, 1.807) is 14.1 Å². The molecule has 0 spiro atoms. The van der Waals surface area contributed by atoms with E-state index in [1.165, 1.54) is 43.5 Å². The molecular weight excluding hydrogens is 308 g/mol. The minimum atomic E-state index is -3.96. The number of allylic oxidation sites excluding steroid dienone is 1. The van der Waals surface area contributed by atoms with Crippen molar-refractivity contribution in [2.24, 2.45) is 0 Å². The van der Waals surface area contributed by atoms with Crippen LogP contribution >= 0.6 is 0 Å².